The van der Waals surface area contributed by atoms with E-state index in [1.807, 2.05) is 0 Å². The third-order valence-corrected chi connectivity index (χ3v) is 2.03. The largest absolute Gasteiger partial charge is 0.292 e. The molecule has 0 spiro atoms. The molecule has 0 aliphatic heterocycles. The van der Waals surface area contributed by atoms with Crippen molar-refractivity contribution in [1.82, 2.24) is 10.9 Å². The number of carbonyl (C=O) groups is 1. The minimum Gasteiger partial charge on any atom is -0.292 e. The smallest absolute Gasteiger partial charge is 0.234 e. The Kier molecular flexibility index (Phi) is 4.13. The predicted molar refractivity (Wildman–Crippen MR) is 56.7 cm³/mol. The van der Waals surface area contributed by atoms with Gasteiger partial charge in [0.2, 0.25) is 5.91 Å². The van der Waals surface area contributed by atoms with Crippen molar-refractivity contribution in [2.75, 3.05) is 7.05 Å². The van der Waals surface area contributed by atoms with E-state index in [-0.39, 0.29) is 5.91 Å². The first kappa shape index (κ1) is 10.7. The van der Waals surface area contributed by atoms with Crippen molar-refractivity contribution in [3.63, 3.8) is 0 Å². The van der Waals surface area contributed by atoms with Gasteiger partial charge in [-0.25, -0.2) is 5.43 Å². The molecule has 0 aromatic heterocycles. The van der Waals surface area contributed by atoms with Crippen molar-refractivity contribution in [1.29, 1.82) is 0 Å². The molecule has 1 aromatic carbocycles. The van der Waals surface area contributed by atoms with Gasteiger partial charge in [-0.05, 0) is 18.9 Å². The molecule has 0 saturated heterocycles. The van der Waals surface area contributed by atoms with Crippen LogP contribution >= 0.6 is 0 Å². The normalized spacial score (nSPS) is 9.86. The first-order chi connectivity index (χ1) is 6.72. The number of amides is 1. The minimum atomic E-state index is 0.0214. The number of nitrogens with one attached hydrogen (secondary N) is 2. The summed E-state index contributed by atoms with van der Waals surface area (Å²) in [6.45, 7) is 2.05. The van der Waals surface area contributed by atoms with Crippen LogP contribution in [0, 0.1) is 6.92 Å². The lowest BCUT2D eigenvalue weighted by Crippen LogP contribution is -2.34. The molecule has 14 heavy (non-hydrogen) atoms. The van der Waals surface area contributed by atoms with Crippen LogP contribution in [0.15, 0.2) is 24.3 Å². The zero-order valence-electron chi connectivity index (χ0n) is 8.63. The molecular weight excluding hydrogens is 176 g/mol. The molecule has 1 aromatic rings. The molecule has 3 heteroatoms. The maximum atomic E-state index is 11.1. The summed E-state index contributed by atoms with van der Waals surface area (Å²) < 4.78 is 0. The first-order valence-electron chi connectivity index (χ1n) is 4.73. The van der Waals surface area contributed by atoms with Crippen molar-refractivity contribution in [3.05, 3.63) is 35.4 Å². The van der Waals surface area contributed by atoms with Crippen molar-refractivity contribution in [2.24, 2.45) is 0 Å². The van der Waals surface area contributed by atoms with Gasteiger partial charge in [0.25, 0.3) is 0 Å². The highest BCUT2D eigenvalue weighted by Gasteiger charge is 1.99. The molecule has 2 N–H and O–H groups in total. The number of hydrazine groups is 1. The van der Waals surface area contributed by atoms with Gasteiger partial charge in [-0.1, -0.05) is 29.8 Å². The third-order valence-electron chi connectivity index (χ3n) is 2.03. The summed E-state index contributed by atoms with van der Waals surface area (Å²) in [5, 5.41) is 0. The molecule has 0 aliphatic carbocycles. The maximum absolute atomic E-state index is 11.1. The van der Waals surface area contributed by atoms with E-state index in [2.05, 4.69) is 42.0 Å². The number of hydrogen-bond acceptors (Lipinski definition) is 2. The highest BCUT2D eigenvalue weighted by Crippen LogP contribution is 2.05. The summed E-state index contributed by atoms with van der Waals surface area (Å²) in [5.41, 5.74) is 7.59. The monoisotopic (exact) mass is 192 g/mol. The lowest BCUT2D eigenvalue weighted by Gasteiger charge is -2.03. The van der Waals surface area contributed by atoms with Crippen LogP contribution in [0.1, 0.15) is 17.5 Å². The summed E-state index contributed by atoms with van der Waals surface area (Å²) in [4.78, 5) is 11.1. The Balaban J connectivity index is 2.38. The van der Waals surface area contributed by atoms with Crippen molar-refractivity contribution < 1.29 is 4.79 Å². The molecule has 1 rings (SSSR count). The SMILES string of the molecule is CNNC(=O)CCc1ccc(C)cc1. The molecule has 0 heterocycles. The van der Waals surface area contributed by atoms with Crippen LogP contribution in [-0.2, 0) is 11.2 Å². The maximum Gasteiger partial charge on any atom is 0.234 e. The Morgan fingerprint density at radius 2 is 1.93 bits per heavy atom. The quantitative estimate of drug-likeness (QED) is 0.703. The molecular formula is C11H16N2O. The van der Waals surface area contributed by atoms with Gasteiger partial charge in [0.05, 0.1) is 0 Å². The van der Waals surface area contributed by atoms with Gasteiger partial charge in [-0.15, -0.1) is 0 Å². The van der Waals surface area contributed by atoms with Gasteiger partial charge in [0.15, 0.2) is 0 Å². The standard InChI is InChI=1S/C11H16N2O/c1-9-3-5-10(6-4-9)7-8-11(14)13-12-2/h3-6,12H,7-8H2,1-2H3,(H,13,14). The number of rotatable bonds is 4. The lowest BCUT2D eigenvalue weighted by molar-refractivity contribution is -0.121. The highest BCUT2D eigenvalue weighted by molar-refractivity contribution is 5.75. The fourth-order valence-electron chi connectivity index (χ4n) is 1.21. The van der Waals surface area contributed by atoms with Gasteiger partial charge in [0, 0.05) is 13.5 Å². The summed E-state index contributed by atoms with van der Waals surface area (Å²) in [5.74, 6) is 0.0214. The van der Waals surface area contributed by atoms with E-state index < -0.39 is 0 Å². The van der Waals surface area contributed by atoms with Gasteiger partial charge >= 0.3 is 0 Å². The van der Waals surface area contributed by atoms with Crippen LogP contribution in [-0.4, -0.2) is 13.0 Å². The van der Waals surface area contributed by atoms with Crippen LogP contribution in [0.5, 0.6) is 0 Å². The number of carbonyl (C=O) groups excluding carboxylic acids is 1. The zero-order valence-corrected chi connectivity index (χ0v) is 8.63. The van der Waals surface area contributed by atoms with Crippen LogP contribution in [0.3, 0.4) is 0 Å². The molecule has 0 bridgehead atoms. The second-order valence-electron chi connectivity index (χ2n) is 3.28. The highest BCUT2D eigenvalue weighted by atomic mass is 16.2. The van der Waals surface area contributed by atoms with Gasteiger partial charge in [0.1, 0.15) is 0 Å². The Labute approximate surface area is 84.5 Å². The van der Waals surface area contributed by atoms with E-state index in [1.165, 1.54) is 11.1 Å². The number of hydrogen-bond donors (Lipinski definition) is 2. The topological polar surface area (TPSA) is 41.1 Å². The van der Waals surface area contributed by atoms with Crippen molar-refractivity contribution in [3.8, 4) is 0 Å². The fraction of sp³-hybridized carbons (Fsp3) is 0.364. The van der Waals surface area contributed by atoms with Crippen LogP contribution in [0.25, 0.3) is 0 Å². The average Bonchev–Trinajstić information content (AvgIpc) is 2.17. The molecule has 0 saturated carbocycles. The Bertz CT molecular complexity index is 293. The molecule has 0 aliphatic rings. The molecule has 76 valence electrons. The minimum absolute atomic E-state index is 0.0214. The number of benzene rings is 1. The second-order valence-corrected chi connectivity index (χ2v) is 3.28. The van der Waals surface area contributed by atoms with E-state index in [0.29, 0.717) is 6.42 Å². The van der Waals surface area contributed by atoms with Crippen LogP contribution in [0.4, 0.5) is 0 Å². The molecule has 1 amide bonds. The third kappa shape index (κ3) is 3.58. The van der Waals surface area contributed by atoms with Gasteiger partial charge in [-0.3, -0.25) is 10.2 Å². The second kappa shape index (κ2) is 5.40. The van der Waals surface area contributed by atoms with E-state index in [0.717, 1.165) is 6.42 Å². The number of aryl methyl sites for hydroxylation is 2. The molecule has 0 fully saturated rings. The molecule has 0 unspecified atom stereocenters. The van der Waals surface area contributed by atoms with E-state index >= 15 is 0 Å². The average molecular weight is 192 g/mol. The summed E-state index contributed by atoms with van der Waals surface area (Å²) in [6, 6.07) is 8.24. The zero-order chi connectivity index (χ0) is 10.4. The summed E-state index contributed by atoms with van der Waals surface area (Å²) in [7, 11) is 1.68. The van der Waals surface area contributed by atoms with Gasteiger partial charge in [-0.2, -0.15) is 0 Å². The predicted octanol–water partition coefficient (Wildman–Crippen LogP) is 1.18. The fourth-order valence-corrected chi connectivity index (χ4v) is 1.21. The molecule has 3 nitrogen and oxygen atoms in total. The molecule has 0 atom stereocenters. The van der Waals surface area contributed by atoms with E-state index in [9.17, 15) is 4.79 Å². The Morgan fingerprint density at radius 3 is 2.50 bits per heavy atom. The van der Waals surface area contributed by atoms with Crippen molar-refractivity contribution in [2.45, 2.75) is 19.8 Å². The summed E-state index contributed by atoms with van der Waals surface area (Å²) >= 11 is 0. The Hall–Kier alpha value is -1.35. The van der Waals surface area contributed by atoms with E-state index in [4.69, 9.17) is 0 Å². The summed E-state index contributed by atoms with van der Waals surface area (Å²) in [6.07, 6.45) is 1.30. The molecule has 0 radical (unpaired) electrons. The lowest BCUT2D eigenvalue weighted by atomic mass is 10.1. The van der Waals surface area contributed by atoms with Crippen molar-refractivity contribution >= 4 is 5.91 Å². The first-order valence-corrected chi connectivity index (χ1v) is 4.73. The van der Waals surface area contributed by atoms with Gasteiger partial charge < -0.3 is 0 Å². The van der Waals surface area contributed by atoms with E-state index in [1.54, 1.807) is 7.05 Å². The van der Waals surface area contributed by atoms with Crippen LogP contribution in [0.2, 0.25) is 0 Å². The van der Waals surface area contributed by atoms with Crippen LogP contribution < -0.4 is 10.9 Å². The Morgan fingerprint density at radius 1 is 1.29 bits per heavy atom.